The van der Waals surface area contributed by atoms with Gasteiger partial charge in [0, 0.05) is 6.04 Å². The average molecular weight is 532 g/mol. The molecule has 2 fully saturated rings. The lowest BCUT2D eigenvalue weighted by molar-refractivity contribution is -0.0888. The summed E-state index contributed by atoms with van der Waals surface area (Å²) >= 11 is 0. The van der Waals surface area contributed by atoms with Crippen LogP contribution in [0.1, 0.15) is 43.2 Å². The average Bonchev–Trinajstić information content (AvgIpc) is 3.66. The fourth-order valence-corrected chi connectivity index (χ4v) is 9.34. The zero-order valence-corrected chi connectivity index (χ0v) is 20.1. The number of alkyl halides is 1. The van der Waals surface area contributed by atoms with Gasteiger partial charge in [0.25, 0.3) is 0 Å². The van der Waals surface area contributed by atoms with Crippen LogP contribution in [0.4, 0.5) is 13.2 Å². The fourth-order valence-electron chi connectivity index (χ4n) is 5.35. The number of hydrogen-bond acceptors (Lipinski definition) is 6. The number of rotatable bonds is 6. The third-order valence-electron chi connectivity index (χ3n) is 7.24. The van der Waals surface area contributed by atoms with Gasteiger partial charge in [0.15, 0.2) is 21.4 Å². The highest BCUT2D eigenvalue weighted by molar-refractivity contribution is 7.92. The first kappa shape index (κ1) is 24.5. The van der Waals surface area contributed by atoms with Gasteiger partial charge in [-0.05, 0) is 61.9 Å². The summed E-state index contributed by atoms with van der Waals surface area (Å²) in [6, 6.07) is 5.60. The van der Waals surface area contributed by atoms with Crippen molar-refractivity contribution in [2.24, 2.45) is 0 Å². The first-order valence-electron chi connectivity index (χ1n) is 11.2. The number of hydrogen-bond donors (Lipinski definition) is 2. The minimum Gasteiger partial charge on any atom is -0.487 e. The van der Waals surface area contributed by atoms with Crippen molar-refractivity contribution < 1.29 is 39.9 Å². The van der Waals surface area contributed by atoms with Gasteiger partial charge >= 0.3 is 0 Å². The highest BCUT2D eigenvalue weighted by Gasteiger charge is 2.67. The molecule has 0 unspecified atom stereocenters. The van der Waals surface area contributed by atoms with Gasteiger partial charge in [-0.15, -0.1) is 0 Å². The summed E-state index contributed by atoms with van der Waals surface area (Å²) in [5.74, 6) is -2.65. The third-order valence-corrected chi connectivity index (χ3v) is 11.8. The Morgan fingerprint density at radius 2 is 1.66 bits per heavy atom. The molecule has 12 heteroatoms. The molecule has 7 nitrogen and oxygen atoms in total. The Balaban J connectivity index is 1.67. The molecule has 0 bridgehead atoms. The van der Waals surface area contributed by atoms with Crippen molar-refractivity contribution in [3.05, 3.63) is 59.2 Å². The van der Waals surface area contributed by atoms with E-state index in [-0.39, 0.29) is 16.9 Å². The van der Waals surface area contributed by atoms with Crippen molar-refractivity contribution in [1.29, 1.82) is 0 Å². The molecule has 0 aromatic heterocycles. The molecule has 2 aromatic carbocycles. The first-order chi connectivity index (χ1) is 16.4. The van der Waals surface area contributed by atoms with E-state index in [1.807, 2.05) is 0 Å². The Bertz CT molecular complexity index is 1380. The molecule has 3 atom stereocenters. The SMILES string of the molecule is O=S(=O)(N[C@@H]1CC[C@@]2(S(=O)(=O)c3ccc(CF)cc3)c3c(F)ccc(F)c3OC[C@@]2(O)C1)C1CC1. The van der Waals surface area contributed by atoms with E-state index < -0.39 is 90.6 Å². The Morgan fingerprint density at radius 1 is 1.00 bits per heavy atom. The monoisotopic (exact) mass is 531 g/mol. The molecule has 3 aliphatic rings. The van der Waals surface area contributed by atoms with Crippen molar-refractivity contribution in [1.82, 2.24) is 4.72 Å². The van der Waals surface area contributed by atoms with Crippen LogP contribution in [-0.4, -0.2) is 45.4 Å². The van der Waals surface area contributed by atoms with Crippen molar-refractivity contribution in [3.8, 4) is 5.75 Å². The normalized spacial score (nSPS) is 28.6. The number of nitrogens with one attached hydrogen (secondary N) is 1. The second kappa shape index (κ2) is 8.19. The van der Waals surface area contributed by atoms with E-state index in [9.17, 15) is 30.7 Å². The minimum absolute atomic E-state index is 0.0502. The summed E-state index contributed by atoms with van der Waals surface area (Å²) < 4.78 is 102. The minimum atomic E-state index is -4.63. The van der Waals surface area contributed by atoms with Gasteiger partial charge in [0.1, 0.15) is 29.4 Å². The van der Waals surface area contributed by atoms with Crippen LogP contribution in [0.25, 0.3) is 0 Å². The molecule has 0 saturated heterocycles. The van der Waals surface area contributed by atoms with Crippen molar-refractivity contribution in [2.45, 2.75) is 65.3 Å². The number of sulfone groups is 1. The second-order valence-corrected chi connectivity index (χ2v) is 13.6. The molecule has 0 radical (unpaired) electrons. The zero-order chi connectivity index (χ0) is 25.2. The number of fused-ring (bicyclic) bond motifs is 3. The summed E-state index contributed by atoms with van der Waals surface area (Å²) in [5, 5.41) is 11.3. The van der Waals surface area contributed by atoms with Crippen molar-refractivity contribution >= 4 is 19.9 Å². The highest BCUT2D eigenvalue weighted by Crippen LogP contribution is 2.58. The molecule has 2 N–H and O–H groups in total. The maximum absolute atomic E-state index is 15.3. The number of sulfonamides is 1. The van der Waals surface area contributed by atoms with Gasteiger partial charge in [0.2, 0.25) is 10.0 Å². The summed E-state index contributed by atoms with van der Waals surface area (Å²) in [6.07, 6.45) is 0.188. The van der Waals surface area contributed by atoms with Crippen LogP contribution in [0.3, 0.4) is 0 Å². The number of halogens is 3. The van der Waals surface area contributed by atoms with E-state index in [2.05, 4.69) is 4.72 Å². The summed E-state index contributed by atoms with van der Waals surface area (Å²) in [6.45, 7) is -1.52. The van der Waals surface area contributed by atoms with Gasteiger partial charge in [-0.2, -0.15) is 0 Å². The molecule has 35 heavy (non-hydrogen) atoms. The topological polar surface area (TPSA) is 110 Å². The van der Waals surface area contributed by atoms with Crippen LogP contribution >= 0.6 is 0 Å². The maximum atomic E-state index is 15.3. The lowest BCUT2D eigenvalue weighted by Crippen LogP contribution is -2.67. The Labute approximate surface area is 201 Å². The number of aliphatic hydroxyl groups is 1. The quantitative estimate of drug-likeness (QED) is 0.593. The molecular formula is C23H24F3NO6S2. The van der Waals surface area contributed by atoms with E-state index in [1.54, 1.807) is 0 Å². The summed E-state index contributed by atoms with van der Waals surface area (Å²) in [7, 11) is -8.29. The van der Waals surface area contributed by atoms with Gasteiger partial charge in [-0.1, -0.05) is 12.1 Å². The largest absolute Gasteiger partial charge is 0.487 e. The smallest absolute Gasteiger partial charge is 0.214 e. The van der Waals surface area contributed by atoms with Crippen molar-refractivity contribution in [2.75, 3.05) is 6.61 Å². The lowest BCUT2D eigenvalue weighted by atomic mass is 9.68. The Kier molecular flexibility index (Phi) is 5.74. The zero-order valence-electron chi connectivity index (χ0n) is 18.5. The van der Waals surface area contributed by atoms with Crippen LogP contribution in [0.2, 0.25) is 0 Å². The standard InChI is InChI=1S/C23H24F3NO6S2/c24-12-14-1-3-16(4-2-14)34(29,30)23-10-9-15(27-35(31,32)17-5-6-17)11-22(23,28)13-33-21-19(26)8-7-18(25)20(21)23/h1-4,7-8,15,17,27-28H,5-6,9-13H2/t15-,22+,23-/m1/s1. The number of ether oxygens (including phenoxy) is 1. The van der Waals surface area contributed by atoms with Crippen molar-refractivity contribution in [3.63, 3.8) is 0 Å². The van der Waals surface area contributed by atoms with E-state index in [4.69, 9.17) is 4.74 Å². The second-order valence-electron chi connectivity index (χ2n) is 9.46. The van der Waals surface area contributed by atoms with Crippen LogP contribution in [0.5, 0.6) is 5.75 Å². The molecule has 1 aliphatic heterocycles. The number of benzene rings is 2. The predicted octanol–water partition coefficient (Wildman–Crippen LogP) is 2.86. The molecule has 2 aliphatic carbocycles. The molecule has 1 heterocycles. The maximum Gasteiger partial charge on any atom is 0.214 e. The van der Waals surface area contributed by atoms with Crippen LogP contribution in [0.15, 0.2) is 41.3 Å². The molecule has 5 rings (SSSR count). The van der Waals surface area contributed by atoms with Gasteiger partial charge in [0.05, 0.1) is 15.7 Å². The highest BCUT2D eigenvalue weighted by atomic mass is 32.2. The molecule has 190 valence electrons. The Morgan fingerprint density at radius 3 is 2.29 bits per heavy atom. The molecule has 0 spiro atoms. The van der Waals surface area contributed by atoms with Gasteiger partial charge in [-0.3, -0.25) is 0 Å². The van der Waals surface area contributed by atoms with Gasteiger partial charge < -0.3 is 9.84 Å². The molecule has 0 amide bonds. The first-order valence-corrected chi connectivity index (χ1v) is 14.2. The van der Waals surface area contributed by atoms with E-state index in [1.165, 1.54) is 12.1 Å². The van der Waals surface area contributed by atoms with E-state index in [0.717, 1.165) is 24.3 Å². The summed E-state index contributed by atoms with van der Waals surface area (Å²) in [5.41, 5.74) is -2.69. The molecule has 2 aromatic rings. The molecule has 2 saturated carbocycles. The third kappa shape index (κ3) is 3.68. The van der Waals surface area contributed by atoms with E-state index in [0.29, 0.717) is 12.8 Å². The van der Waals surface area contributed by atoms with Crippen LogP contribution in [0, 0.1) is 11.6 Å². The van der Waals surface area contributed by atoms with E-state index >= 15 is 4.39 Å². The molecular weight excluding hydrogens is 507 g/mol. The fraction of sp³-hybridized carbons (Fsp3) is 0.478. The predicted molar refractivity (Wildman–Crippen MR) is 120 cm³/mol. The Hall–Kier alpha value is -2.15. The lowest BCUT2D eigenvalue weighted by Gasteiger charge is -2.54. The van der Waals surface area contributed by atoms with Gasteiger partial charge in [-0.25, -0.2) is 34.7 Å². The van der Waals surface area contributed by atoms with Crippen LogP contribution < -0.4 is 9.46 Å². The summed E-state index contributed by atoms with van der Waals surface area (Å²) in [4.78, 5) is -0.304. The van der Waals surface area contributed by atoms with Crippen LogP contribution in [-0.2, 0) is 31.3 Å².